The van der Waals surface area contributed by atoms with Crippen LogP contribution in [0.15, 0.2) is 54.6 Å². The van der Waals surface area contributed by atoms with Crippen LogP contribution in [0.2, 0.25) is 0 Å². The molecule has 0 radical (unpaired) electrons. The first-order valence-corrected chi connectivity index (χ1v) is 8.80. The van der Waals surface area contributed by atoms with Gasteiger partial charge in [-0.2, -0.15) is 0 Å². The molecule has 2 aromatic carbocycles. The van der Waals surface area contributed by atoms with E-state index in [0.717, 1.165) is 30.4 Å². The zero-order chi connectivity index (χ0) is 16.9. The van der Waals surface area contributed by atoms with Crippen molar-refractivity contribution in [2.45, 2.75) is 44.7 Å². The molecule has 3 rings (SSSR count). The van der Waals surface area contributed by atoms with Gasteiger partial charge in [-0.1, -0.05) is 66.6 Å². The molecule has 0 bridgehead atoms. The number of carbonyl (C=O) groups is 1. The monoisotopic (exact) mass is 358 g/mol. The molecule has 1 saturated carbocycles. The van der Waals surface area contributed by atoms with Crippen molar-refractivity contribution < 1.29 is 4.79 Å². The summed E-state index contributed by atoms with van der Waals surface area (Å²) in [5, 5.41) is 3.22. The first kappa shape index (κ1) is 19.5. The Balaban J connectivity index is 0.00000225. The van der Waals surface area contributed by atoms with Gasteiger partial charge in [0.05, 0.1) is 6.04 Å². The van der Waals surface area contributed by atoms with Gasteiger partial charge in [0.25, 0.3) is 0 Å². The normalized spacial score (nSPS) is 20.6. The van der Waals surface area contributed by atoms with E-state index in [1.165, 1.54) is 5.56 Å². The summed E-state index contributed by atoms with van der Waals surface area (Å²) in [6, 6.07) is 18.6. The van der Waals surface area contributed by atoms with Crippen LogP contribution in [0.25, 0.3) is 0 Å². The van der Waals surface area contributed by atoms with Crippen molar-refractivity contribution in [3.8, 4) is 0 Å². The predicted molar refractivity (Wildman–Crippen MR) is 105 cm³/mol. The molecule has 1 amide bonds. The molecule has 1 aliphatic carbocycles. The Morgan fingerprint density at radius 1 is 1.08 bits per heavy atom. The van der Waals surface area contributed by atoms with Gasteiger partial charge in [-0.25, -0.2) is 0 Å². The minimum absolute atomic E-state index is 0. The maximum atomic E-state index is 12.6. The van der Waals surface area contributed by atoms with Gasteiger partial charge in [0.15, 0.2) is 0 Å². The van der Waals surface area contributed by atoms with Gasteiger partial charge in [0, 0.05) is 12.5 Å². The highest BCUT2D eigenvalue weighted by Crippen LogP contribution is 2.28. The second kappa shape index (κ2) is 9.02. The molecular weight excluding hydrogens is 332 g/mol. The predicted octanol–water partition coefficient (Wildman–Crippen LogP) is 4.14. The lowest BCUT2D eigenvalue weighted by molar-refractivity contribution is -0.122. The molecule has 1 unspecified atom stereocenters. The summed E-state index contributed by atoms with van der Waals surface area (Å²) in [6.45, 7) is 2.07. The molecule has 0 aliphatic heterocycles. The van der Waals surface area contributed by atoms with Crippen LogP contribution in [0, 0.1) is 12.8 Å². The summed E-state index contributed by atoms with van der Waals surface area (Å²) in [7, 11) is 0. The van der Waals surface area contributed by atoms with Gasteiger partial charge in [0.2, 0.25) is 5.91 Å². The Hall–Kier alpha value is -1.84. The van der Waals surface area contributed by atoms with Crippen molar-refractivity contribution >= 4 is 18.3 Å². The lowest BCUT2D eigenvalue weighted by Gasteiger charge is -2.22. The number of halogens is 1. The fourth-order valence-corrected chi connectivity index (χ4v) is 3.54. The van der Waals surface area contributed by atoms with Gasteiger partial charge in [0.1, 0.15) is 0 Å². The van der Waals surface area contributed by atoms with E-state index in [1.54, 1.807) is 0 Å². The molecule has 25 heavy (non-hydrogen) atoms. The van der Waals surface area contributed by atoms with Gasteiger partial charge in [-0.15, -0.1) is 12.4 Å². The van der Waals surface area contributed by atoms with Crippen LogP contribution in [0.1, 0.15) is 48.4 Å². The molecule has 4 heteroatoms. The molecule has 134 valence electrons. The maximum Gasteiger partial charge on any atom is 0.221 e. The van der Waals surface area contributed by atoms with Crippen molar-refractivity contribution in [3.63, 3.8) is 0 Å². The molecule has 2 aromatic rings. The Bertz CT molecular complexity index is 672. The van der Waals surface area contributed by atoms with Gasteiger partial charge >= 0.3 is 0 Å². The Kier molecular flexibility index (Phi) is 7.03. The molecule has 0 saturated heterocycles. The van der Waals surface area contributed by atoms with E-state index < -0.39 is 0 Å². The summed E-state index contributed by atoms with van der Waals surface area (Å²) in [5.41, 5.74) is 9.54. The van der Waals surface area contributed by atoms with E-state index in [2.05, 4.69) is 48.6 Å². The first-order valence-electron chi connectivity index (χ1n) is 8.80. The van der Waals surface area contributed by atoms with Crippen molar-refractivity contribution in [3.05, 3.63) is 71.3 Å². The van der Waals surface area contributed by atoms with E-state index in [1.807, 2.05) is 18.2 Å². The third-order valence-electron chi connectivity index (χ3n) is 5.01. The molecule has 3 atom stereocenters. The molecular formula is C21H27ClN2O. The minimum atomic E-state index is -0.114. The van der Waals surface area contributed by atoms with E-state index >= 15 is 0 Å². The third-order valence-corrected chi connectivity index (χ3v) is 5.01. The van der Waals surface area contributed by atoms with Crippen LogP contribution in [0.4, 0.5) is 0 Å². The zero-order valence-corrected chi connectivity index (χ0v) is 15.5. The van der Waals surface area contributed by atoms with Crippen molar-refractivity contribution in [1.29, 1.82) is 0 Å². The summed E-state index contributed by atoms with van der Waals surface area (Å²) >= 11 is 0. The van der Waals surface area contributed by atoms with Gasteiger partial charge in [-0.3, -0.25) is 4.79 Å². The summed E-state index contributed by atoms with van der Waals surface area (Å²) in [5.74, 6) is 0.409. The van der Waals surface area contributed by atoms with Gasteiger partial charge in [-0.05, 0) is 36.8 Å². The topological polar surface area (TPSA) is 55.1 Å². The Morgan fingerprint density at radius 3 is 2.32 bits per heavy atom. The van der Waals surface area contributed by atoms with Crippen molar-refractivity contribution in [2.75, 3.05) is 0 Å². The Morgan fingerprint density at radius 2 is 1.72 bits per heavy atom. The molecule has 0 heterocycles. The number of carbonyl (C=O) groups excluding carboxylic acids is 1. The fraction of sp³-hybridized carbons (Fsp3) is 0.381. The zero-order valence-electron chi connectivity index (χ0n) is 14.7. The highest BCUT2D eigenvalue weighted by molar-refractivity contribution is 5.85. The number of hydrogen-bond acceptors (Lipinski definition) is 2. The summed E-state index contributed by atoms with van der Waals surface area (Å²) < 4.78 is 0. The molecule has 3 N–H and O–H groups in total. The number of hydrogen-bond donors (Lipinski definition) is 2. The van der Waals surface area contributed by atoms with Crippen LogP contribution in [-0.2, 0) is 4.79 Å². The quantitative estimate of drug-likeness (QED) is 0.843. The van der Waals surface area contributed by atoms with Gasteiger partial charge < -0.3 is 11.1 Å². The number of nitrogens with two attached hydrogens (primary N) is 1. The number of benzene rings is 2. The average molecular weight is 359 g/mol. The third kappa shape index (κ3) is 5.07. The molecule has 0 aromatic heterocycles. The van der Waals surface area contributed by atoms with Crippen LogP contribution in [-0.4, -0.2) is 11.9 Å². The summed E-state index contributed by atoms with van der Waals surface area (Å²) in [4.78, 5) is 12.6. The smallest absolute Gasteiger partial charge is 0.221 e. The molecule has 1 fully saturated rings. The lowest BCUT2D eigenvalue weighted by Crippen LogP contribution is -2.34. The summed E-state index contributed by atoms with van der Waals surface area (Å²) in [6.07, 6.45) is 3.77. The van der Waals surface area contributed by atoms with E-state index in [9.17, 15) is 4.79 Å². The van der Waals surface area contributed by atoms with Crippen molar-refractivity contribution in [1.82, 2.24) is 5.32 Å². The van der Waals surface area contributed by atoms with Crippen LogP contribution < -0.4 is 11.1 Å². The molecule has 3 nitrogen and oxygen atoms in total. The number of nitrogens with one attached hydrogen (secondary N) is 1. The van der Waals surface area contributed by atoms with E-state index in [4.69, 9.17) is 5.73 Å². The van der Waals surface area contributed by atoms with Crippen LogP contribution in [0.5, 0.6) is 0 Å². The van der Waals surface area contributed by atoms with Crippen molar-refractivity contribution in [2.24, 2.45) is 11.7 Å². The Labute approximate surface area is 156 Å². The highest BCUT2D eigenvalue weighted by Gasteiger charge is 2.27. The largest absolute Gasteiger partial charge is 0.345 e. The highest BCUT2D eigenvalue weighted by atomic mass is 35.5. The fourth-order valence-electron chi connectivity index (χ4n) is 3.54. The first-order chi connectivity index (χ1) is 11.6. The van der Waals surface area contributed by atoms with E-state index in [-0.39, 0.29) is 30.4 Å². The molecule has 1 aliphatic rings. The van der Waals surface area contributed by atoms with E-state index in [0.29, 0.717) is 12.3 Å². The van der Waals surface area contributed by atoms with Crippen LogP contribution >= 0.6 is 12.4 Å². The average Bonchev–Trinajstić information content (AvgIpc) is 2.99. The number of rotatable bonds is 5. The van der Waals surface area contributed by atoms with Crippen LogP contribution in [0.3, 0.4) is 0 Å². The standard InChI is InChI=1S/C21H26N2O.ClH/c1-15-10-12-17(13-11-15)21(16-6-3-2-4-7-16)23-20(24)14-18-8-5-9-19(18)22;/h2-4,6-7,10-13,18-19,21H,5,8-9,14,22H2,1H3,(H,23,24);1H/t18-,19+,21?;/m0./s1. The number of amides is 1. The maximum absolute atomic E-state index is 12.6. The number of aryl methyl sites for hydroxylation is 1. The minimum Gasteiger partial charge on any atom is -0.345 e. The lowest BCUT2D eigenvalue weighted by atomic mass is 9.96. The SMILES string of the molecule is Cc1ccc(C(NC(=O)C[C@@H]2CCC[C@H]2N)c2ccccc2)cc1.Cl. The molecule has 0 spiro atoms. The second-order valence-electron chi connectivity index (χ2n) is 6.88. The second-order valence-corrected chi connectivity index (χ2v) is 6.88.